The third-order valence-electron chi connectivity index (χ3n) is 4.25. The second-order valence-electron chi connectivity index (χ2n) is 5.78. The predicted molar refractivity (Wildman–Crippen MR) is 73.5 cm³/mol. The number of urea groups is 1. The van der Waals surface area contributed by atoms with Gasteiger partial charge in [-0.05, 0) is 25.7 Å². The SMILES string of the molecule is CCOC1CCCN(C(=O)N2C[C@@H](C)[C@H](C(=O)O)C2)C1. The zero-order valence-electron chi connectivity index (χ0n) is 12.2. The highest BCUT2D eigenvalue weighted by Crippen LogP contribution is 2.25. The number of carbonyl (C=O) groups excluding carboxylic acids is 1. The lowest BCUT2D eigenvalue weighted by Gasteiger charge is -2.35. The number of carboxylic acid groups (broad SMARTS) is 1. The van der Waals surface area contributed by atoms with Gasteiger partial charge in [-0.2, -0.15) is 0 Å². The van der Waals surface area contributed by atoms with Crippen LogP contribution in [-0.2, 0) is 9.53 Å². The van der Waals surface area contributed by atoms with E-state index in [0.717, 1.165) is 19.4 Å². The Morgan fingerprint density at radius 3 is 2.60 bits per heavy atom. The number of hydrogen-bond acceptors (Lipinski definition) is 3. The topological polar surface area (TPSA) is 70.1 Å². The fraction of sp³-hybridized carbons (Fsp3) is 0.857. The molecule has 2 aliphatic heterocycles. The van der Waals surface area contributed by atoms with E-state index in [1.165, 1.54) is 0 Å². The molecule has 3 atom stereocenters. The summed E-state index contributed by atoms with van der Waals surface area (Å²) in [6.07, 6.45) is 2.06. The first-order valence-corrected chi connectivity index (χ1v) is 7.41. The fourth-order valence-corrected chi connectivity index (χ4v) is 3.13. The summed E-state index contributed by atoms with van der Waals surface area (Å²) in [7, 11) is 0. The van der Waals surface area contributed by atoms with Crippen molar-refractivity contribution in [1.82, 2.24) is 9.80 Å². The van der Waals surface area contributed by atoms with Crippen molar-refractivity contribution in [2.24, 2.45) is 11.8 Å². The molecular formula is C14H24N2O4. The van der Waals surface area contributed by atoms with E-state index in [-0.39, 0.29) is 18.1 Å². The lowest BCUT2D eigenvalue weighted by molar-refractivity contribution is -0.142. The van der Waals surface area contributed by atoms with Crippen molar-refractivity contribution in [3.05, 3.63) is 0 Å². The average Bonchev–Trinajstić information content (AvgIpc) is 2.81. The van der Waals surface area contributed by atoms with Gasteiger partial charge in [-0.1, -0.05) is 6.92 Å². The molecule has 0 saturated carbocycles. The van der Waals surface area contributed by atoms with E-state index >= 15 is 0 Å². The quantitative estimate of drug-likeness (QED) is 0.847. The number of ether oxygens (including phenoxy) is 1. The van der Waals surface area contributed by atoms with Crippen molar-refractivity contribution in [3.63, 3.8) is 0 Å². The lowest BCUT2D eigenvalue weighted by atomic mass is 9.99. The van der Waals surface area contributed by atoms with Crippen molar-refractivity contribution in [2.45, 2.75) is 32.8 Å². The van der Waals surface area contributed by atoms with E-state index < -0.39 is 11.9 Å². The molecule has 2 heterocycles. The fourth-order valence-electron chi connectivity index (χ4n) is 3.13. The van der Waals surface area contributed by atoms with Gasteiger partial charge in [0.2, 0.25) is 0 Å². The molecule has 114 valence electrons. The number of aliphatic carboxylic acids is 1. The van der Waals surface area contributed by atoms with Crippen LogP contribution in [0.3, 0.4) is 0 Å². The molecule has 0 bridgehead atoms. The molecule has 0 aromatic rings. The summed E-state index contributed by atoms with van der Waals surface area (Å²) in [5.74, 6) is -1.23. The molecule has 6 nitrogen and oxygen atoms in total. The smallest absolute Gasteiger partial charge is 0.320 e. The number of nitrogens with zero attached hydrogens (tertiary/aromatic N) is 2. The Morgan fingerprint density at radius 1 is 1.25 bits per heavy atom. The van der Waals surface area contributed by atoms with E-state index in [1.807, 2.05) is 13.8 Å². The second-order valence-corrected chi connectivity index (χ2v) is 5.78. The first-order valence-electron chi connectivity index (χ1n) is 7.41. The Morgan fingerprint density at radius 2 is 2.00 bits per heavy atom. The van der Waals surface area contributed by atoms with Crippen LogP contribution in [0.15, 0.2) is 0 Å². The van der Waals surface area contributed by atoms with Crippen LogP contribution < -0.4 is 0 Å². The van der Waals surface area contributed by atoms with Crippen LogP contribution in [0.5, 0.6) is 0 Å². The molecule has 0 aromatic carbocycles. The van der Waals surface area contributed by atoms with Crippen LogP contribution >= 0.6 is 0 Å². The molecule has 0 aliphatic carbocycles. The molecule has 2 aliphatic rings. The van der Waals surface area contributed by atoms with Crippen molar-refractivity contribution in [2.75, 3.05) is 32.8 Å². The molecule has 6 heteroatoms. The van der Waals surface area contributed by atoms with Gasteiger partial charge in [0.15, 0.2) is 0 Å². The average molecular weight is 284 g/mol. The number of amides is 2. The van der Waals surface area contributed by atoms with E-state index in [9.17, 15) is 9.59 Å². The van der Waals surface area contributed by atoms with E-state index in [2.05, 4.69) is 0 Å². The minimum atomic E-state index is -0.807. The van der Waals surface area contributed by atoms with Crippen molar-refractivity contribution >= 4 is 12.0 Å². The molecule has 1 N–H and O–H groups in total. The Hall–Kier alpha value is -1.30. The van der Waals surface area contributed by atoms with Gasteiger partial charge >= 0.3 is 12.0 Å². The molecule has 2 fully saturated rings. The molecule has 2 amide bonds. The maximum atomic E-state index is 12.5. The number of carbonyl (C=O) groups is 2. The molecule has 2 saturated heterocycles. The van der Waals surface area contributed by atoms with Crippen LogP contribution in [-0.4, -0.2) is 65.8 Å². The van der Waals surface area contributed by atoms with Crippen LogP contribution in [0.1, 0.15) is 26.7 Å². The molecule has 1 unspecified atom stereocenters. The van der Waals surface area contributed by atoms with Gasteiger partial charge in [-0.25, -0.2) is 4.79 Å². The van der Waals surface area contributed by atoms with Gasteiger partial charge in [0.1, 0.15) is 0 Å². The number of hydrogen-bond donors (Lipinski definition) is 1. The summed E-state index contributed by atoms with van der Waals surface area (Å²) in [4.78, 5) is 27.1. The van der Waals surface area contributed by atoms with E-state index in [0.29, 0.717) is 26.2 Å². The third kappa shape index (κ3) is 3.23. The lowest BCUT2D eigenvalue weighted by Crippen LogP contribution is -2.49. The molecule has 0 spiro atoms. The number of carboxylic acids is 1. The van der Waals surface area contributed by atoms with Gasteiger partial charge in [0.05, 0.1) is 12.0 Å². The van der Waals surface area contributed by atoms with Gasteiger partial charge in [-0.15, -0.1) is 0 Å². The van der Waals surface area contributed by atoms with Crippen LogP contribution in [0.25, 0.3) is 0 Å². The third-order valence-corrected chi connectivity index (χ3v) is 4.25. The highest BCUT2D eigenvalue weighted by Gasteiger charge is 2.39. The van der Waals surface area contributed by atoms with E-state index in [1.54, 1.807) is 9.80 Å². The molecular weight excluding hydrogens is 260 g/mol. The van der Waals surface area contributed by atoms with Crippen LogP contribution in [0.2, 0.25) is 0 Å². The molecule has 0 radical (unpaired) electrons. The van der Waals surface area contributed by atoms with Crippen LogP contribution in [0.4, 0.5) is 4.79 Å². The Bertz CT molecular complexity index is 372. The number of rotatable bonds is 3. The highest BCUT2D eigenvalue weighted by molar-refractivity contribution is 5.78. The monoisotopic (exact) mass is 284 g/mol. The second kappa shape index (κ2) is 6.43. The Kier molecular flexibility index (Phi) is 4.86. The van der Waals surface area contributed by atoms with Gasteiger partial charge in [0, 0.05) is 32.8 Å². The summed E-state index contributed by atoms with van der Waals surface area (Å²) < 4.78 is 5.60. The maximum absolute atomic E-state index is 12.5. The molecule has 0 aromatic heterocycles. The summed E-state index contributed by atoms with van der Waals surface area (Å²) in [6.45, 7) is 6.73. The van der Waals surface area contributed by atoms with Gasteiger partial charge in [0.25, 0.3) is 0 Å². The van der Waals surface area contributed by atoms with Gasteiger partial charge < -0.3 is 19.6 Å². The van der Waals surface area contributed by atoms with Crippen molar-refractivity contribution < 1.29 is 19.4 Å². The van der Waals surface area contributed by atoms with Gasteiger partial charge in [-0.3, -0.25) is 4.79 Å². The first kappa shape index (κ1) is 15.1. The summed E-state index contributed by atoms with van der Waals surface area (Å²) in [5, 5.41) is 9.13. The zero-order chi connectivity index (χ0) is 14.7. The van der Waals surface area contributed by atoms with Crippen molar-refractivity contribution in [3.8, 4) is 0 Å². The highest BCUT2D eigenvalue weighted by atomic mass is 16.5. The minimum Gasteiger partial charge on any atom is -0.481 e. The number of piperidine rings is 1. The molecule has 20 heavy (non-hydrogen) atoms. The van der Waals surface area contributed by atoms with Crippen LogP contribution in [0, 0.1) is 11.8 Å². The summed E-state index contributed by atoms with van der Waals surface area (Å²) in [5.41, 5.74) is 0. The maximum Gasteiger partial charge on any atom is 0.320 e. The minimum absolute atomic E-state index is 0.0175. The first-order chi connectivity index (χ1) is 9.52. The van der Waals surface area contributed by atoms with E-state index in [4.69, 9.17) is 9.84 Å². The number of likely N-dealkylation sites (tertiary alicyclic amines) is 2. The summed E-state index contributed by atoms with van der Waals surface area (Å²) in [6, 6.07) is -0.0370. The Labute approximate surface area is 119 Å². The molecule has 2 rings (SSSR count). The largest absolute Gasteiger partial charge is 0.481 e. The normalized spacial score (nSPS) is 30.6. The predicted octanol–water partition coefficient (Wildman–Crippen LogP) is 1.26. The zero-order valence-corrected chi connectivity index (χ0v) is 12.2. The summed E-state index contributed by atoms with van der Waals surface area (Å²) >= 11 is 0. The Balaban J connectivity index is 1.93. The van der Waals surface area contributed by atoms with Crippen molar-refractivity contribution in [1.29, 1.82) is 0 Å². The standard InChI is InChI=1S/C14H24N2O4/c1-3-20-11-5-4-6-15(8-11)14(19)16-7-10(2)12(9-16)13(17)18/h10-12H,3-9H2,1-2H3,(H,17,18)/t10-,11?,12-/m1/s1.